The Morgan fingerprint density at radius 3 is 2.56 bits per heavy atom. The third-order valence-electron chi connectivity index (χ3n) is 3.97. The van der Waals surface area contributed by atoms with E-state index in [0.717, 1.165) is 12.0 Å². The highest BCUT2D eigenvalue weighted by Gasteiger charge is 2.42. The van der Waals surface area contributed by atoms with Crippen molar-refractivity contribution in [2.24, 2.45) is 5.92 Å². The van der Waals surface area contributed by atoms with Gasteiger partial charge in [0.25, 0.3) is 0 Å². The van der Waals surface area contributed by atoms with Crippen LogP contribution in [-0.4, -0.2) is 17.9 Å². The number of nitrogens with one attached hydrogen (secondary N) is 1. The van der Waals surface area contributed by atoms with E-state index in [1.54, 1.807) is 0 Å². The topological polar surface area (TPSA) is 29.1 Å². The molecule has 3 atom stereocenters. The van der Waals surface area contributed by atoms with Crippen molar-refractivity contribution in [2.75, 3.05) is 0 Å². The van der Waals surface area contributed by atoms with Gasteiger partial charge in [0.2, 0.25) is 0 Å². The Hall–Kier alpha value is -1.15. The molecule has 1 N–H and O–H groups in total. The molecule has 2 saturated heterocycles. The summed E-state index contributed by atoms with van der Waals surface area (Å²) < 4.78 is 0. The van der Waals surface area contributed by atoms with Gasteiger partial charge < -0.3 is 5.32 Å². The van der Waals surface area contributed by atoms with Gasteiger partial charge in [0.05, 0.1) is 0 Å². The van der Waals surface area contributed by atoms with Crippen LogP contribution in [-0.2, 0) is 0 Å². The number of hydrogen-bond acceptors (Lipinski definition) is 2. The van der Waals surface area contributed by atoms with Gasteiger partial charge in [-0.15, -0.1) is 0 Å². The van der Waals surface area contributed by atoms with Gasteiger partial charge in [0.15, 0.2) is 5.78 Å². The maximum absolute atomic E-state index is 12.3. The van der Waals surface area contributed by atoms with Crippen molar-refractivity contribution in [3.8, 4) is 0 Å². The molecule has 0 aromatic heterocycles. The first-order valence-corrected chi connectivity index (χ1v) is 6.11. The summed E-state index contributed by atoms with van der Waals surface area (Å²) in [5.74, 6) is 0.557. The fourth-order valence-corrected chi connectivity index (χ4v) is 3.05. The third-order valence-corrected chi connectivity index (χ3v) is 3.97. The molecule has 0 aliphatic carbocycles. The van der Waals surface area contributed by atoms with E-state index in [9.17, 15) is 4.79 Å². The second-order valence-corrected chi connectivity index (χ2v) is 5.12. The zero-order valence-corrected chi connectivity index (χ0v) is 9.57. The van der Waals surface area contributed by atoms with Crippen molar-refractivity contribution >= 4 is 5.78 Å². The summed E-state index contributed by atoms with van der Waals surface area (Å²) in [5.41, 5.74) is 2.09. The van der Waals surface area contributed by atoms with Crippen LogP contribution in [0.3, 0.4) is 0 Å². The predicted molar refractivity (Wildman–Crippen MR) is 63.6 cm³/mol. The molecule has 0 amide bonds. The molecule has 2 heterocycles. The lowest BCUT2D eigenvalue weighted by Gasteiger charge is -2.18. The lowest BCUT2D eigenvalue weighted by Crippen LogP contribution is -2.28. The number of ketones is 1. The normalized spacial score (nSPS) is 31.9. The molecule has 3 unspecified atom stereocenters. The number of aryl methyl sites for hydroxylation is 1. The molecule has 3 rings (SSSR count). The molecule has 1 aromatic carbocycles. The second-order valence-electron chi connectivity index (χ2n) is 5.12. The van der Waals surface area contributed by atoms with E-state index in [0.29, 0.717) is 17.9 Å². The van der Waals surface area contributed by atoms with Crippen molar-refractivity contribution in [2.45, 2.75) is 38.3 Å². The van der Waals surface area contributed by atoms with Crippen molar-refractivity contribution in [3.05, 3.63) is 35.4 Å². The van der Waals surface area contributed by atoms with Crippen LogP contribution < -0.4 is 5.32 Å². The summed E-state index contributed by atoms with van der Waals surface area (Å²) in [5, 5.41) is 3.52. The quantitative estimate of drug-likeness (QED) is 0.767. The molecule has 2 nitrogen and oxygen atoms in total. The maximum Gasteiger partial charge on any atom is 0.167 e. The maximum atomic E-state index is 12.3. The van der Waals surface area contributed by atoms with Crippen molar-refractivity contribution in [1.29, 1.82) is 0 Å². The molecule has 2 fully saturated rings. The molecule has 0 radical (unpaired) electrons. The summed E-state index contributed by atoms with van der Waals surface area (Å²) in [6, 6.07) is 9.01. The van der Waals surface area contributed by atoms with Gasteiger partial charge in [-0.1, -0.05) is 29.8 Å². The molecule has 84 valence electrons. The summed E-state index contributed by atoms with van der Waals surface area (Å²) in [6.45, 7) is 2.05. The van der Waals surface area contributed by atoms with Crippen LogP contribution in [0.5, 0.6) is 0 Å². The van der Waals surface area contributed by atoms with E-state index in [4.69, 9.17) is 0 Å². The second kappa shape index (κ2) is 3.70. The van der Waals surface area contributed by atoms with Gasteiger partial charge in [0, 0.05) is 23.6 Å². The van der Waals surface area contributed by atoms with Gasteiger partial charge in [-0.05, 0) is 26.2 Å². The van der Waals surface area contributed by atoms with Crippen LogP contribution in [0.4, 0.5) is 0 Å². The average Bonchev–Trinajstić information content (AvgIpc) is 2.91. The van der Waals surface area contributed by atoms with E-state index >= 15 is 0 Å². The number of carbonyl (C=O) groups is 1. The van der Waals surface area contributed by atoms with Gasteiger partial charge in [-0.2, -0.15) is 0 Å². The molecule has 0 saturated carbocycles. The number of benzene rings is 1. The number of carbonyl (C=O) groups excluding carboxylic acids is 1. The van der Waals surface area contributed by atoms with Crippen LogP contribution in [0, 0.1) is 12.8 Å². The first-order valence-electron chi connectivity index (χ1n) is 6.11. The van der Waals surface area contributed by atoms with E-state index in [1.165, 1.54) is 18.4 Å². The molecule has 2 aliphatic heterocycles. The van der Waals surface area contributed by atoms with Gasteiger partial charge in [-0.25, -0.2) is 0 Å². The van der Waals surface area contributed by atoms with E-state index < -0.39 is 0 Å². The lowest BCUT2D eigenvalue weighted by atomic mass is 9.83. The molecule has 2 heteroatoms. The molecule has 16 heavy (non-hydrogen) atoms. The number of rotatable bonds is 2. The minimum Gasteiger partial charge on any atom is -0.310 e. The Morgan fingerprint density at radius 1 is 1.25 bits per heavy atom. The summed E-state index contributed by atoms with van der Waals surface area (Å²) in [4.78, 5) is 12.3. The predicted octanol–water partition coefficient (Wildman–Crippen LogP) is 2.32. The Kier molecular flexibility index (Phi) is 2.32. The molecular formula is C14H17NO. The number of Topliss-reactive ketones (excluding diaryl/α,β-unsaturated/α-hetero) is 1. The van der Waals surface area contributed by atoms with Crippen molar-refractivity contribution < 1.29 is 4.79 Å². The van der Waals surface area contributed by atoms with Crippen molar-refractivity contribution in [1.82, 2.24) is 5.32 Å². The average molecular weight is 215 g/mol. The van der Waals surface area contributed by atoms with Gasteiger partial charge >= 0.3 is 0 Å². The van der Waals surface area contributed by atoms with Crippen LogP contribution in [0.2, 0.25) is 0 Å². The molecular weight excluding hydrogens is 198 g/mol. The Morgan fingerprint density at radius 2 is 2.00 bits per heavy atom. The van der Waals surface area contributed by atoms with Crippen LogP contribution in [0.25, 0.3) is 0 Å². The summed E-state index contributed by atoms with van der Waals surface area (Å²) in [6.07, 6.45) is 3.46. The fraction of sp³-hybridized carbons (Fsp3) is 0.500. The zero-order chi connectivity index (χ0) is 11.1. The Bertz CT molecular complexity index is 409. The molecule has 2 aliphatic rings. The SMILES string of the molecule is Cc1ccc(C(=O)C2CC3CCC2N3)cc1. The zero-order valence-electron chi connectivity index (χ0n) is 9.57. The number of fused-ring (bicyclic) bond motifs is 2. The Labute approximate surface area is 96.1 Å². The van der Waals surface area contributed by atoms with Crippen molar-refractivity contribution in [3.63, 3.8) is 0 Å². The van der Waals surface area contributed by atoms with Gasteiger partial charge in [0.1, 0.15) is 0 Å². The standard InChI is InChI=1S/C14H17NO/c1-9-2-4-10(5-3-9)14(16)12-8-11-6-7-13(12)15-11/h2-5,11-13,15H,6-8H2,1H3. The summed E-state index contributed by atoms with van der Waals surface area (Å²) >= 11 is 0. The van der Waals surface area contributed by atoms with E-state index in [1.807, 2.05) is 31.2 Å². The monoisotopic (exact) mass is 215 g/mol. The lowest BCUT2D eigenvalue weighted by molar-refractivity contribution is 0.0901. The first-order chi connectivity index (χ1) is 7.74. The van der Waals surface area contributed by atoms with E-state index in [-0.39, 0.29) is 5.92 Å². The van der Waals surface area contributed by atoms with Crippen LogP contribution in [0.1, 0.15) is 35.2 Å². The highest BCUT2D eigenvalue weighted by Crippen LogP contribution is 2.35. The fourth-order valence-electron chi connectivity index (χ4n) is 3.05. The third kappa shape index (κ3) is 1.57. The van der Waals surface area contributed by atoms with Crippen LogP contribution in [0.15, 0.2) is 24.3 Å². The van der Waals surface area contributed by atoms with E-state index in [2.05, 4.69) is 5.32 Å². The van der Waals surface area contributed by atoms with Crippen LogP contribution >= 0.6 is 0 Å². The highest BCUT2D eigenvalue weighted by molar-refractivity contribution is 5.98. The first kappa shape index (κ1) is 10.0. The highest BCUT2D eigenvalue weighted by atomic mass is 16.1. The smallest absolute Gasteiger partial charge is 0.167 e. The minimum absolute atomic E-state index is 0.224. The summed E-state index contributed by atoms with van der Waals surface area (Å²) in [7, 11) is 0. The minimum atomic E-state index is 0.224. The van der Waals surface area contributed by atoms with Gasteiger partial charge in [-0.3, -0.25) is 4.79 Å². The largest absolute Gasteiger partial charge is 0.310 e. The molecule has 2 bridgehead atoms. The Balaban J connectivity index is 1.80. The number of hydrogen-bond donors (Lipinski definition) is 1. The molecule has 1 aromatic rings. The molecule has 0 spiro atoms.